The third-order valence-corrected chi connectivity index (χ3v) is 6.49. The summed E-state index contributed by atoms with van der Waals surface area (Å²) in [5.74, 6) is -0.564. The summed E-state index contributed by atoms with van der Waals surface area (Å²) >= 11 is 1.32. The Morgan fingerprint density at radius 1 is 0.879 bits per heavy atom. The molecule has 3 aromatic carbocycles. The second-order valence-electron chi connectivity index (χ2n) is 7.64. The number of aliphatic hydroxyl groups excluding tert-OH is 2. The first-order valence-corrected chi connectivity index (χ1v) is 11.6. The summed E-state index contributed by atoms with van der Waals surface area (Å²) in [4.78, 5) is 13.7. The van der Waals surface area contributed by atoms with Gasteiger partial charge in [0.2, 0.25) is 0 Å². The van der Waals surface area contributed by atoms with Gasteiger partial charge < -0.3 is 24.4 Å². The van der Waals surface area contributed by atoms with Crippen LogP contribution in [0.1, 0.15) is 15.9 Å². The minimum Gasteiger partial charge on any atom is -0.452 e. The molecule has 7 heteroatoms. The second kappa shape index (κ2) is 11.4. The topological polar surface area (TPSA) is 85.2 Å². The van der Waals surface area contributed by atoms with Gasteiger partial charge in [0, 0.05) is 4.90 Å². The van der Waals surface area contributed by atoms with Crippen LogP contribution in [0.25, 0.3) is 0 Å². The van der Waals surface area contributed by atoms with Crippen LogP contribution in [-0.2, 0) is 20.8 Å². The van der Waals surface area contributed by atoms with Crippen molar-refractivity contribution in [3.63, 3.8) is 0 Å². The van der Waals surface area contributed by atoms with Crippen LogP contribution in [0.3, 0.4) is 0 Å². The summed E-state index contributed by atoms with van der Waals surface area (Å²) in [6.07, 6.45) is -3.87. The first-order valence-electron chi connectivity index (χ1n) is 10.7. The van der Waals surface area contributed by atoms with Crippen molar-refractivity contribution in [1.29, 1.82) is 0 Å². The van der Waals surface area contributed by atoms with Gasteiger partial charge in [0.25, 0.3) is 0 Å². The van der Waals surface area contributed by atoms with E-state index in [0.717, 1.165) is 10.5 Å². The molecule has 0 amide bonds. The van der Waals surface area contributed by atoms with E-state index in [4.69, 9.17) is 14.2 Å². The van der Waals surface area contributed by atoms with Gasteiger partial charge in [-0.05, 0) is 29.8 Å². The zero-order chi connectivity index (χ0) is 23.0. The zero-order valence-corrected chi connectivity index (χ0v) is 18.7. The molecule has 0 radical (unpaired) electrons. The van der Waals surface area contributed by atoms with Gasteiger partial charge in [-0.25, -0.2) is 4.79 Å². The number of carbonyl (C=O) groups excluding carboxylic acids is 1. The average Bonchev–Trinajstić information content (AvgIpc) is 2.87. The molecule has 3 aromatic rings. The summed E-state index contributed by atoms with van der Waals surface area (Å²) in [5, 5.41) is 21.2. The highest BCUT2D eigenvalue weighted by atomic mass is 32.2. The van der Waals surface area contributed by atoms with Gasteiger partial charge >= 0.3 is 5.97 Å². The minimum absolute atomic E-state index is 0.221. The molecule has 0 aromatic heterocycles. The molecular formula is C26H26O6S. The molecule has 0 bridgehead atoms. The molecule has 172 valence electrons. The summed E-state index contributed by atoms with van der Waals surface area (Å²) in [5.41, 5.74) is 0.558. The van der Waals surface area contributed by atoms with E-state index < -0.39 is 35.8 Å². The van der Waals surface area contributed by atoms with E-state index in [-0.39, 0.29) is 13.2 Å². The maximum Gasteiger partial charge on any atom is 0.338 e. The van der Waals surface area contributed by atoms with Crippen LogP contribution >= 0.6 is 11.8 Å². The van der Waals surface area contributed by atoms with Crippen molar-refractivity contribution in [3.8, 4) is 0 Å². The summed E-state index contributed by atoms with van der Waals surface area (Å²) in [7, 11) is 0. The Morgan fingerprint density at radius 3 is 2.12 bits per heavy atom. The zero-order valence-electron chi connectivity index (χ0n) is 17.9. The van der Waals surface area contributed by atoms with Crippen molar-refractivity contribution < 1.29 is 29.2 Å². The van der Waals surface area contributed by atoms with Crippen LogP contribution in [0.15, 0.2) is 95.9 Å². The fourth-order valence-electron chi connectivity index (χ4n) is 3.63. The summed E-state index contributed by atoms with van der Waals surface area (Å²) in [6.45, 7) is -0.125. The van der Waals surface area contributed by atoms with Crippen LogP contribution < -0.4 is 0 Å². The highest BCUT2D eigenvalue weighted by Crippen LogP contribution is 2.36. The van der Waals surface area contributed by atoms with Gasteiger partial charge in [0.05, 0.1) is 18.8 Å². The normalized spacial score (nSPS) is 24.8. The van der Waals surface area contributed by atoms with E-state index in [1.54, 1.807) is 24.3 Å². The van der Waals surface area contributed by atoms with E-state index in [1.165, 1.54) is 11.8 Å². The Morgan fingerprint density at radius 2 is 1.48 bits per heavy atom. The standard InChI is InChI=1S/C26H26O6S/c27-16-21-23(30-17-18-10-4-1-5-11-18)22(28)24(32-25(29)19-12-6-2-7-13-19)26(31-21)33-20-14-8-3-9-15-20/h1-15,21-24,26-28H,16-17H2/t21-,22+,23-,24-,26+/m1/s1. The largest absolute Gasteiger partial charge is 0.452 e. The molecule has 1 heterocycles. The molecule has 1 fully saturated rings. The third-order valence-electron chi connectivity index (χ3n) is 5.33. The minimum atomic E-state index is -1.20. The lowest BCUT2D eigenvalue weighted by Crippen LogP contribution is -2.59. The molecule has 2 N–H and O–H groups in total. The number of ether oxygens (including phenoxy) is 3. The molecule has 0 spiro atoms. The van der Waals surface area contributed by atoms with Crippen LogP contribution in [-0.4, -0.2) is 52.6 Å². The quantitative estimate of drug-likeness (QED) is 0.490. The molecule has 5 atom stereocenters. The summed E-state index contributed by atoms with van der Waals surface area (Å²) in [6, 6.07) is 27.6. The monoisotopic (exact) mass is 466 g/mol. The lowest BCUT2D eigenvalue weighted by atomic mass is 9.99. The first kappa shape index (κ1) is 23.5. The van der Waals surface area contributed by atoms with Crippen LogP contribution in [0.5, 0.6) is 0 Å². The smallest absolute Gasteiger partial charge is 0.338 e. The molecule has 1 saturated heterocycles. The molecule has 0 aliphatic carbocycles. The van der Waals surface area contributed by atoms with Crippen molar-refractivity contribution in [3.05, 3.63) is 102 Å². The molecule has 33 heavy (non-hydrogen) atoms. The number of benzene rings is 3. The number of hydrogen-bond acceptors (Lipinski definition) is 7. The van der Waals surface area contributed by atoms with Crippen molar-refractivity contribution >= 4 is 17.7 Å². The molecule has 0 saturated carbocycles. The van der Waals surface area contributed by atoms with E-state index in [0.29, 0.717) is 5.56 Å². The number of carbonyl (C=O) groups is 1. The van der Waals surface area contributed by atoms with Crippen molar-refractivity contribution in [2.45, 2.75) is 41.4 Å². The van der Waals surface area contributed by atoms with E-state index in [9.17, 15) is 15.0 Å². The number of esters is 1. The third kappa shape index (κ3) is 6.01. The van der Waals surface area contributed by atoms with Crippen molar-refractivity contribution in [2.75, 3.05) is 6.61 Å². The van der Waals surface area contributed by atoms with Gasteiger partial charge in [0.15, 0.2) is 6.10 Å². The molecule has 6 nitrogen and oxygen atoms in total. The van der Waals surface area contributed by atoms with E-state index in [2.05, 4.69) is 0 Å². The summed E-state index contributed by atoms with van der Waals surface area (Å²) < 4.78 is 17.8. The lowest BCUT2D eigenvalue weighted by molar-refractivity contribution is -0.224. The van der Waals surface area contributed by atoms with Gasteiger partial charge in [-0.1, -0.05) is 78.5 Å². The second-order valence-corrected chi connectivity index (χ2v) is 8.82. The number of thioether (sulfide) groups is 1. The van der Waals surface area contributed by atoms with Gasteiger partial charge in [0.1, 0.15) is 23.7 Å². The number of hydrogen-bond donors (Lipinski definition) is 2. The van der Waals surface area contributed by atoms with Gasteiger partial charge in [-0.2, -0.15) is 0 Å². The van der Waals surface area contributed by atoms with Crippen LogP contribution in [0.4, 0.5) is 0 Å². The molecule has 0 unspecified atom stereocenters. The average molecular weight is 467 g/mol. The molecular weight excluding hydrogens is 440 g/mol. The fourth-order valence-corrected chi connectivity index (χ4v) is 4.77. The number of aliphatic hydroxyl groups is 2. The predicted octanol–water partition coefficient (Wildman–Crippen LogP) is 3.67. The predicted molar refractivity (Wildman–Crippen MR) is 125 cm³/mol. The lowest BCUT2D eigenvalue weighted by Gasteiger charge is -2.43. The maximum atomic E-state index is 12.8. The highest BCUT2D eigenvalue weighted by Gasteiger charge is 2.48. The molecule has 4 rings (SSSR count). The fraction of sp³-hybridized carbons (Fsp3) is 0.269. The Balaban J connectivity index is 1.55. The van der Waals surface area contributed by atoms with E-state index in [1.807, 2.05) is 66.7 Å². The molecule has 1 aliphatic rings. The number of rotatable bonds is 8. The van der Waals surface area contributed by atoms with Crippen molar-refractivity contribution in [1.82, 2.24) is 0 Å². The SMILES string of the molecule is O=C(O[C@@H]1[C@@H](O)[C@H](OCc2ccccc2)[C@@H](CO)O[C@H]1Sc1ccccc1)c1ccccc1. The Labute approximate surface area is 197 Å². The first-order chi connectivity index (χ1) is 16.2. The van der Waals surface area contributed by atoms with E-state index >= 15 is 0 Å². The van der Waals surface area contributed by atoms with Gasteiger partial charge in [-0.3, -0.25) is 0 Å². The Kier molecular flexibility index (Phi) is 8.15. The van der Waals surface area contributed by atoms with Crippen LogP contribution in [0.2, 0.25) is 0 Å². The highest BCUT2D eigenvalue weighted by molar-refractivity contribution is 7.99. The van der Waals surface area contributed by atoms with Crippen molar-refractivity contribution in [2.24, 2.45) is 0 Å². The van der Waals surface area contributed by atoms with Gasteiger partial charge in [-0.15, -0.1) is 0 Å². The Hall–Kier alpha value is -2.68. The molecule has 1 aliphatic heterocycles. The maximum absolute atomic E-state index is 12.8. The Bertz CT molecular complexity index is 1000. The van der Waals surface area contributed by atoms with Crippen LogP contribution in [0, 0.1) is 0 Å².